The summed E-state index contributed by atoms with van der Waals surface area (Å²) in [4.78, 5) is 11.9. The average molecular weight is 226 g/mol. The van der Waals surface area contributed by atoms with Crippen LogP contribution < -0.4 is 4.57 Å². The first-order valence-electron chi connectivity index (χ1n) is 5.81. The van der Waals surface area contributed by atoms with Crippen LogP contribution >= 0.6 is 0 Å². The molecule has 0 saturated heterocycles. The molecule has 2 rings (SSSR count). The van der Waals surface area contributed by atoms with E-state index in [2.05, 4.69) is 4.57 Å². The molecule has 86 valence electrons. The van der Waals surface area contributed by atoms with Gasteiger partial charge in [0.25, 0.3) is 0 Å². The molecule has 0 fully saturated rings. The predicted octanol–water partition coefficient (Wildman–Crippen LogP) is 2.56. The minimum absolute atomic E-state index is 0.196. The number of benzene rings is 1. The van der Waals surface area contributed by atoms with E-state index in [1.54, 1.807) is 0 Å². The van der Waals surface area contributed by atoms with E-state index in [9.17, 15) is 4.79 Å². The number of carbonyl (C=O) groups is 1. The van der Waals surface area contributed by atoms with Crippen LogP contribution in [0.4, 0.5) is 0 Å². The van der Waals surface area contributed by atoms with Gasteiger partial charge in [-0.25, -0.2) is 4.57 Å². The van der Waals surface area contributed by atoms with Gasteiger partial charge in [0, 0.05) is 24.6 Å². The highest BCUT2D eigenvalue weighted by atomic mass is 16.1. The normalized spacial score (nSPS) is 10.2. The first kappa shape index (κ1) is 11.5. The van der Waals surface area contributed by atoms with Gasteiger partial charge in [0.1, 0.15) is 0 Å². The summed E-state index contributed by atoms with van der Waals surface area (Å²) in [7, 11) is 0. The third-order valence-electron chi connectivity index (χ3n) is 2.84. The fourth-order valence-electron chi connectivity index (χ4n) is 1.80. The van der Waals surface area contributed by atoms with Crippen LogP contribution in [0.5, 0.6) is 0 Å². The number of hydrogen-bond acceptors (Lipinski definition) is 1. The van der Waals surface area contributed by atoms with Gasteiger partial charge in [0.15, 0.2) is 24.2 Å². The van der Waals surface area contributed by atoms with Crippen molar-refractivity contribution in [1.29, 1.82) is 0 Å². The van der Waals surface area contributed by atoms with E-state index in [-0.39, 0.29) is 5.78 Å². The summed E-state index contributed by atoms with van der Waals surface area (Å²) in [5.74, 6) is 0.196. The van der Waals surface area contributed by atoms with Gasteiger partial charge in [-0.1, -0.05) is 36.4 Å². The van der Waals surface area contributed by atoms with Crippen molar-refractivity contribution in [3.8, 4) is 0 Å². The molecule has 0 amide bonds. The molecule has 0 saturated carbocycles. The number of Topliss-reactive ketones (excluding diaryl/α,β-unsaturated/α-hetero) is 1. The van der Waals surface area contributed by atoms with Crippen molar-refractivity contribution in [3.63, 3.8) is 0 Å². The largest absolute Gasteiger partial charge is 0.294 e. The number of pyridine rings is 1. The molecule has 0 aliphatic heterocycles. The molecule has 0 radical (unpaired) electrons. The molecule has 0 bridgehead atoms. The summed E-state index contributed by atoms with van der Waals surface area (Å²) >= 11 is 0. The summed E-state index contributed by atoms with van der Waals surface area (Å²) in [6.07, 6.45) is 2.55. The van der Waals surface area contributed by atoms with Crippen molar-refractivity contribution in [2.45, 2.75) is 19.9 Å². The fourth-order valence-corrected chi connectivity index (χ4v) is 1.80. The molecule has 0 N–H and O–H groups in total. The van der Waals surface area contributed by atoms with Crippen LogP contribution in [0.15, 0.2) is 54.7 Å². The molecule has 0 atom stereocenters. The van der Waals surface area contributed by atoms with Crippen molar-refractivity contribution >= 4 is 5.78 Å². The summed E-state index contributed by atoms with van der Waals surface area (Å²) in [5, 5.41) is 0. The van der Waals surface area contributed by atoms with E-state index in [1.807, 2.05) is 61.7 Å². The van der Waals surface area contributed by atoms with Crippen LogP contribution in [0.2, 0.25) is 0 Å². The Morgan fingerprint density at radius 3 is 2.47 bits per heavy atom. The maximum atomic E-state index is 11.9. The van der Waals surface area contributed by atoms with Crippen LogP contribution in [-0.4, -0.2) is 5.78 Å². The van der Waals surface area contributed by atoms with E-state index >= 15 is 0 Å². The molecule has 2 nitrogen and oxygen atoms in total. The first-order valence-corrected chi connectivity index (χ1v) is 5.81. The second-order valence-corrected chi connectivity index (χ2v) is 4.07. The SMILES string of the molecule is Cc1cccc[n+]1CCC(=O)c1ccccc1. The highest BCUT2D eigenvalue weighted by molar-refractivity contribution is 5.95. The lowest BCUT2D eigenvalue weighted by atomic mass is 10.1. The number of hydrogen-bond donors (Lipinski definition) is 0. The van der Waals surface area contributed by atoms with Crippen molar-refractivity contribution in [2.24, 2.45) is 0 Å². The quantitative estimate of drug-likeness (QED) is 0.580. The van der Waals surface area contributed by atoms with E-state index in [0.29, 0.717) is 6.42 Å². The molecule has 2 heteroatoms. The lowest BCUT2D eigenvalue weighted by Crippen LogP contribution is -2.37. The molecule has 0 unspecified atom stereocenters. The minimum atomic E-state index is 0.196. The summed E-state index contributed by atoms with van der Waals surface area (Å²) in [5.41, 5.74) is 1.97. The van der Waals surface area contributed by atoms with Crippen LogP contribution in [0.25, 0.3) is 0 Å². The topological polar surface area (TPSA) is 20.9 Å². The second kappa shape index (κ2) is 5.39. The molecule has 1 heterocycles. The van der Waals surface area contributed by atoms with Crippen molar-refractivity contribution in [1.82, 2.24) is 0 Å². The van der Waals surface area contributed by atoms with Crippen LogP contribution in [-0.2, 0) is 6.54 Å². The molecule has 0 aliphatic rings. The van der Waals surface area contributed by atoms with Gasteiger partial charge in [-0.15, -0.1) is 0 Å². The Kier molecular flexibility index (Phi) is 3.66. The van der Waals surface area contributed by atoms with E-state index in [4.69, 9.17) is 0 Å². The Hall–Kier alpha value is -1.96. The van der Waals surface area contributed by atoms with Crippen LogP contribution in [0, 0.1) is 6.92 Å². The summed E-state index contributed by atoms with van der Waals surface area (Å²) in [6.45, 7) is 2.79. The zero-order valence-electron chi connectivity index (χ0n) is 9.97. The standard InChI is InChI=1S/C15H16NO/c1-13-7-5-6-11-16(13)12-10-15(17)14-8-3-2-4-9-14/h2-9,11H,10,12H2,1H3/q+1. The molecule has 17 heavy (non-hydrogen) atoms. The molecule has 0 spiro atoms. The molecule has 0 aliphatic carbocycles. The second-order valence-electron chi connectivity index (χ2n) is 4.07. The van der Waals surface area contributed by atoms with E-state index in [0.717, 1.165) is 12.1 Å². The van der Waals surface area contributed by atoms with Gasteiger partial charge in [0.2, 0.25) is 0 Å². The number of carbonyl (C=O) groups excluding carboxylic acids is 1. The summed E-state index contributed by atoms with van der Waals surface area (Å²) in [6, 6.07) is 15.5. The number of nitrogens with zero attached hydrogens (tertiary/aromatic N) is 1. The first-order chi connectivity index (χ1) is 8.27. The third-order valence-corrected chi connectivity index (χ3v) is 2.84. The van der Waals surface area contributed by atoms with Gasteiger partial charge in [-0.3, -0.25) is 4.79 Å². The van der Waals surface area contributed by atoms with E-state index in [1.165, 1.54) is 5.69 Å². The Balaban J connectivity index is 2.00. The number of aromatic nitrogens is 1. The van der Waals surface area contributed by atoms with Crippen LogP contribution in [0.1, 0.15) is 22.5 Å². The van der Waals surface area contributed by atoms with Gasteiger partial charge >= 0.3 is 0 Å². The molecular weight excluding hydrogens is 210 g/mol. The van der Waals surface area contributed by atoms with Crippen molar-refractivity contribution < 1.29 is 9.36 Å². The average Bonchev–Trinajstić information content (AvgIpc) is 2.38. The van der Waals surface area contributed by atoms with Gasteiger partial charge in [-0.2, -0.15) is 0 Å². The van der Waals surface area contributed by atoms with Gasteiger partial charge in [0.05, 0.1) is 6.42 Å². The Morgan fingerprint density at radius 1 is 1.06 bits per heavy atom. The zero-order chi connectivity index (χ0) is 12.1. The predicted molar refractivity (Wildman–Crippen MR) is 66.8 cm³/mol. The molecular formula is C15H16NO+. The highest BCUT2D eigenvalue weighted by Crippen LogP contribution is 2.03. The number of rotatable bonds is 4. The lowest BCUT2D eigenvalue weighted by Gasteiger charge is -2.00. The Bertz CT molecular complexity index is 505. The Morgan fingerprint density at radius 2 is 1.76 bits per heavy atom. The van der Waals surface area contributed by atoms with Gasteiger partial charge < -0.3 is 0 Å². The van der Waals surface area contributed by atoms with Crippen molar-refractivity contribution in [2.75, 3.05) is 0 Å². The fraction of sp³-hybridized carbons (Fsp3) is 0.200. The van der Waals surface area contributed by atoms with E-state index < -0.39 is 0 Å². The van der Waals surface area contributed by atoms with Crippen molar-refractivity contribution in [3.05, 3.63) is 66.0 Å². The zero-order valence-corrected chi connectivity index (χ0v) is 9.97. The van der Waals surface area contributed by atoms with Crippen LogP contribution in [0.3, 0.4) is 0 Å². The highest BCUT2D eigenvalue weighted by Gasteiger charge is 2.10. The number of aryl methyl sites for hydroxylation is 2. The smallest absolute Gasteiger partial charge is 0.178 e. The molecule has 1 aromatic carbocycles. The minimum Gasteiger partial charge on any atom is -0.294 e. The van der Waals surface area contributed by atoms with Gasteiger partial charge in [-0.05, 0) is 0 Å². The molecule has 2 aromatic rings. The third kappa shape index (κ3) is 3.00. The summed E-state index contributed by atoms with van der Waals surface area (Å²) < 4.78 is 2.10. The molecule has 1 aromatic heterocycles. The maximum absolute atomic E-state index is 11.9. The maximum Gasteiger partial charge on any atom is 0.178 e. The Labute approximate surface area is 102 Å². The number of ketones is 1. The monoisotopic (exact) mass is 226 g/mol. The lowest BCUT2D eigenvalue weighted by molar-refractivity contribution is -0.701.